The molecule has 1 aliphatic rings. The van der Waals surface area contributed by atoms with Crippen LogP contribution in [0.25, 0.3) is 11.5 Å². The largest absolute Gasteiger partial charge is 0.493 e. The number of halogens is 2. The highest BCUT2D eigenvalue weighted by atomic mass is 79.9. The van der Waals surface area contributed by atoms with Crippen LogP contribution < -0.4 is 15.2 Å². The summed E-state index contributed by atoms with van der Waals surface area (Å²) in [4.78, 5) is 4.45. The van der Waals surface area contributed by atoms with Crippen molar-refractivity contribution >= 4 is 28.3 Å². The van der Waals surface area contributed by atoms with Crippen LogP contribution in [0, 0.1) is 0 Å². The third kappa shape index (κ3) is 3.32. The van der Waals surface area contributed by atoms with Gasteiger partial charge >= 0.3 is 0 Å². The van der Waals surface area contributed by atoms with E-state index < -0.39 is 5.54 Å². The molecule has 0 saturated heterocycles. The predicted octanol–water partition coefficient (Wildman–Crippen LogP) is 3.67. The second-order valence-electron chi connectivity index (χ2n) is 5.36. The van der Waals surface area contributed by atoms with Crippen LogP contribution in [0.1, 0.15) is 32.0 Å². The lowest BCUT2D eigenvalue weighted by atomic mass is 9.77. The third-order valence-corrected chi connectivity index (χ3v) is 4.47. The Morgan fingerprint density at radius 1 is 1.39 bits per heavy atom. The smallest absolute Gasteiger partial charge is 0.258 e. The topological polar surface area (TPSA) is 83.4 Å². The molecule has 8 heteroatoms. The first-order valence-corrected chi connectivity index (χ1v) is 8.00. The fourth-order valence-corrected chi connectivity index (χ4v) is 3.01. The molecule has 1 heterocycles. The highest BCUT2D eigenvalue weighted by Gasteiger charge is 2.39. The summed E-state index contributed by atoms with van der Waals surface area (Å²) in [6.45, 7) is 2.47. The lowest BCUT2D eigenvalue weighted by Crippen LogP contribution is -2.44. The fourth-order valence-electron chi connectivity index (χ4n) is 2.45. The van der Waals surface area contributed by atoms with Crippen LogP contribution in [0.3, 0.4) is 0 Å². The van der Waals surface area contributed by atoms with Gasteiger partial charge in [-0.15, -0.1) is 12.4 Å². The molecular formula is C15H19BrClN3O3. The van der Waals surface area contributed by atoms with Gasteiger partial charge in [-0.2, -0.15) is 4.98 Å². The Morgan fingerprint density at radius 3 is 2.70 bits per heavy atom. The van der Waals surface area contributed by atoms with Gasteiger partial charge in [0.25, 0.3) is 5.89 Å². The van der Waals surface area contributed by atoms with Crippen molar-refractivity contribution in [3.63, 3.8) is 0 Å². The number of rotatable bonds is 5. The number of benzene rings is 1. The van der Waals surface area contributed by atoms with Crippen LogP contribution in [0.2, 0.25) is 0 Å². The Balaban J connectivity index is 0.00000192. The zero-order chi connectivity index (χ0) is 15.7. The Hall–Kier alpha value is -1.31. The number of ether oxygens (including phenoxy) is 2. The van der Waals surface area contributed by atoms with Gasteiger partial charge in [0.15, 0.2) is 17.3 Å². The van der Waals surface area contributed by atoms with Crippen LogP contribution in [0.15, 0.2) is 21.1 Å². The molecule has 0 atom stereocenters. The van der Waals surface area contributed by atoms with Gasteiger partial charge in [0.2, 0.25) is 0 Å². The van der Waals surface area contributed by atoms with Crippen molar-refractivity contribution in [3.05, 3.63) is 22.4 Å². The molecule has 23 heavy (non-hydrogen) atoms. The lowest BCUT2D eigenvalue weighted by molar-refractivity contribution is 0.229. The van der Waals surface area contributed by atoms with E-state index in [0.29, 0.717) is 29.8 Å². The third-order valence-electron chi connectivity index (χ3n) is 3.88. The molecule has 1 aliphatic carbocycles. The van der Waals surface area contributed by atoms with Gasteiger partial charge in [0, 0.05) is 5.56 Å². The maximum atomic E-state index is 6.23. The van der Waals surface area contributed by atoms with Crippen LogP contribution in [-0.4, -0.2) is 23.9 Å². The molecule has 1 aromatic heterocycles. The van der Waals surface area contributed by atoms with Crippen molar-refractivity contribution in [2.75, 3.05) is 13.7 Å². The number of nitrogens with two attached hydrogens (primary N) is 1. The molecule has 0 amide bonds. The molecule has 126 valence electrons. The molecule has 1 fully saturated rings. The molecule has 2 aromatic rings. The van der Waals surface area contributed by atoms with Gasteiger partial charge in [0.1, 0.15) is 0 Å². The standard InChI is InChI=1S/C15H18BrN3O3.ClH/c1-3-21-12-10(16)7-9(8-11(12)20-2)13-18-14(19-22-13)15(17)5-4-6-15;/h7-8H,3-6,17H2,1-2H3;1H. The number of hydrogen-bond acceptors (Lipinski definition) is 6. The van der Waals surface area contributed by atoms with E-state index in [1.54, 1.807) is 7.11 Å². The second kappa shape index (κ2) is 7.07. The van der Waals surface area contributed by atoms with Crippen LogP contribution >= 0.6 is 28.3 Å². The molecular weight excluding hydrogens is 386 g/mol. The number of aromatic nitrogens is 2. The van der Waals surface area contributed by atoms with Crippen LogP contribution in [0.4, 0.5) is 0 Å². The summed E-state index contributed by atoms with van der Waals surface area (Å²) in [6.07, 6.45) is 2.88. The molecule has 0 radical (unpaired) electrons. The Bertz CT molecular complexity index is 689. The van der Waals surface area contributed by atoms with E-state index >= 15 is 0 Å². The number of methoxy groups -OCH3 is 1. The van der Waals surface area contributed by atoms with E-state index in [2.05, 4.69) is 26.1 Å². The van der Waals surface area contributed by atoms with E-state index in [9.17, 15) is 0 Å². The van der Waals surface area contributed by atoms with E-state index in [1.165, 1.54) is 0 Å². The van der Waals surface area contributed by atoms with Gasteiger partial charge < -0.3 is 19.7 Å². The minimum atomic E-state index is -0.436. The minimum absolute atomic E-state index is 0. The summed E-state index contributed by atoms with van der Waals surface area (Å²) in [5.74, 6) is 2.26. The molecule has 1 aromatic carbocycles. The summed E-state index contributed by atoms with van der Waals surface area (Å²) in [5.41, 5.74) is 6.55. The van der Waals surface area contributed by atoms with E-state index in [1.807, 2.05) is 19.1 Å². The van der Waals surface area contributed by atoms with E-state index in [-0.39, 0.29) is 12.4 Å². The average molecular weight is 405 g/mol. The van der Waals surface area contributed by atoms with Gasteiger partial charge in [0.05, 0.1) is 23.7 Å². The highest BCUT2D eigenvalue weighted by Crippen LogP contribution is 2.41. The average Bonchev–Trinajstić information content (AvgIpc) is 2.97. The van der Waals surface area contributed by atoms with Crippen LogP contribution in [0.5, 0.6) is 11.5 Å². The Morgan fingerprint density at radius 2 is 2.13 bits per heavy atom. The lowest BCUT2D eigenvalue weighted by Gasteiger charge is -2.34. The maximum absolute atomic E-state index is 6.23. The summed E-state index contributed by atoms with van der Waals surface area (Å²) < 4.78 is 17.1. The second-order valence-corrected chi connectivity index (χ2v) is 6.21. The monoisotopic (exact) mass is 403 g/mol. The van der Waals surface area contributed by atoms with E-state index in [0.717, 1.165) is 29.3 Å². The SMILES string of the molecule is CCOc1c(Br)cc(-c2nc(C3(N)CCC3)no2)cc1OC.Cl. The van der Waals surface area contributed by atoms with Crippen molar-refractivity contribution in [3.8, 4) is 23.0 Å². The maximum Gasteiger partial charge on any atom is 0.258 e. The summed E-state index contributed by atoms with van der Waals surface area (Å²) in [5, 5.41) is 4.03. The molecule has 0 unspecified atom stereocenters. The zero-order valence-electron chi connectivity index (χ0n) is 13.0. The zero-order valence-corrected chi connectivity index (χ0v) is 15.4. The van der Waals surface area contributed by atoms with Crippen molar-refractivity contribution in [1.29, 1.82) is 0 Å². The summed E-state index contributed by atoms with van der Waals surface area (Å²) in [6, 6.07) is 3.69. The van der Waals surface area contributed by atoms with Crippen molar-refractivity contribution in [2.45, 2.75) is 31.7 Å². The molecule has 2 N–H and O–H groups in total. The van der Waals surface area contributed by atoms with Gasteiger partial charge in [-0.05, 0) is 54.2 Å². The molecule has 0 aliphatic heterocycles. The molecule has 6 nitrogen and oxygen atoms in total. The Labute approximate surface area is 149 Å². The molecule has 0 spiro atoms. The molecule has 3 rings (SSSR count). The number of hydrogen-bond donors (Lipinski definition) is 1. The quantitative estimate of drug-likeness (QED) is 0.818. The Kier molecular flexibility index (Phi) is 5.54. The van der Waals surface area contributed by atoms with E-state index in [4.69, 9.17) is 19.7 Å². The normalized spacial score (nSPS) is 15.5. The van der Waals surface area contributed by atoms with Gasteiger partial charge in [-0.3, -0.25) is 0 Å². The molecule has 1 saturated carbocycles. The first-order chi connectivity index (χ1) is 10.6. The first kappa shape index (κ1) is 18.0. The number of nitrogens with zero attached hydrogens (tertiary/aromatic N) is 2. The van der Waals surface area contributed by atoms with Crippen molar-refractivity contribution in [1.82, 2.24) is 10.1 Å². The summed E-state index contributed by atoms with van der Waals surface area (Å²) >= 11 is 3.49. The van der Waals surface area contributed by atoms with Gasteiger partial charge in [-0.25, -0.2) is 0 Å². The molecule has 0 bridgehead atoms. The minimum Gasteiger partial charge on any atom is -0.493 e. The van der Waals surface area contributed by atoms with Crippen molar-refractivity contribution < 1.29 is 14.0 Å². The highest BCUT2D eigenvalue weighted by molar-refractivity contribution is 9.10. The van der Waals surface area contributed by atoms with Crippen LogP contribution in [-0.2, 0) is 5.54 Å². The summed E-state index contributed by atoms with van der Waals surface area (Å²) in [7, 11) is 1.59. The first-order valence-electron chi connectivity index (χ1n) is 7.21. The van der Waals surface area contributed by atoms with Crippen molar-refractivity contribution in [2.24, 2.45) is 5.73 Å². The fraction of sp³-hybridized carbons (Fsp3) is 0.467. The predicted molar refractivity (Wildman–Crippen MR) is 92.1 cm³/mol. The van der Waals surface area contributed by atoms with Gasteiger partial charge in [-0.1, -0.05) is 5.16 Å².